The first kappa shape index (κ1) is 15.8. The van der Waals surface area contributed by atoms with E-state index in [1.165, 1.54) is 11.6 Å². The van der Waals surface area contributed by atoms with Crippen molar-refractivity contribution in [2.24, 2.45) is 5.92 Å². The lowest BCUT2D eigenvalue weighted by Crippen LogP contribution is -2.11. The van der Waals surface area contributed by atoms with Gasteiger partial charge in [0.1, 0.15) is 5.82 Å². The Hall–Kier alpha value is -0.570. The Kier molecular flexibility index (Phi) is 5.88. The highest BCUT2D eigenvalue weighted by atomic mass is 79.9. The maximum absolute atomic E-state index is 13.8. The van der Waals surface area contributed by atoms with E-state index >= 15 is 0 Å². The van der Waals surface area contributed by atoms with Crippen LogP contribution >= 0.6 is 39.1 Å². The second kappa shape index (κ2) is 7.44. The van der Waals surface area contributed by atoms with Crippen LogP contribution in [0.25, 0.3) is 0 Å². The first-order chi connectivity index (χ1) is 9.60. The van der Waals surface area contributed by atoms with Crippen LogP contribution in [0.5, 0.6) is 0 Å². The molecule has 2 rings (SSSR count). The molecule has 0 spiro atoms. The van der Waals surface area contributed by atoms with E-state index < -0.39 is 0 Å². The van der Waals surface area contributed by atoms with Gasteiger partial charge in [-0.05, 0) is 48.1 Å². The quantitative estimate of drug-likeness (QED) is 0.572. The van der Waals surface area contributed by atoms with Crippen LogP contribution in [0.3, 0.4) is 0 Å². The molecule has 0 saturated heterocycles. The van der Waals surface area contributed by atoms with Crippen molar-refractivity contribution in [1.29, 1.82) is 0 Å². The van der Waals surface area contributed by atoms with Crippen molar-refractivity contribution < 1.29 is 4.39 Å². The van der Waals surface area contributed by atoms with E-state index in [4.69, 9.17) is 23.2 Å². The second-order valence-corrected chi connectivity index (χ2v) is 6.36. The molecule has 0 saturated carbocycles. The van der Waals surface area contributed by atoms with Gasteiger partial charge in [-0.15, -0.1) is 11.6 Å². The van der Waals surface area contributed by atoms with Gasteiger partial charge in [0.25, 0.3) is 0 Å². The van der Waals surface area contributed by atoms with E-state index in [1.54, 1.807) is 12.1 Å². The van der Waals surface area contributed by atoms with Gasteiger partial charge < -0.3 is 0 Å². The third-order valence-corrected chi connectivity index (χ3v) is 4.65. The predicted octanol–water partition coefficient (Wildman–Crippen LogP) is 5.88. The molecule has 4 heteroatoms. The van der Waals surface area contributed by atoms with Crippen molar-refractivity contribution in [3.63, 3.8) is 0 Å². The lowest BCUT2D eigenvalue weighted by atomic mass is 9.94. The van der Waals surface area contributed by atoms with Crippen LogP contribution in [0.15, 0.2) is 46.9 Å². The van der Waals surface area contributed by atoms with Gasteiger partial charge in [-0.2, -0.15) is 0 Å². The number of benzene rings is 2. The Morgan fingerprint density at radius 1 is 1.05 bits per heavy atom. The topological polar surface area (TPSA) is 0 Å². The minimum atomic E-state index is -0.264. The molecule has 1 unspecified atom stereocenters. The Morgan fingerprint density at radius 2 is 1.75 bits per heavy atom. The van der Waals surface area contributed by atoms with E-state index in [2.05, 4.69) is 22.0 Å². The van der Waals surface area contributed by atoms with E-state index in [-0.39, 0.29) is 11.7 Å². The summed E-state index contributed by atoms with van der Waals surface area (Å²) >= 11 is 15.3. The largest absolute Gasteiger partial charge is 0.207 e. The first-order valence-corrected chi connectivity index (χ1v) is 8.04. The molecule has 0 aliphatic rings. The summed E-state index contributed by atoms with van der Waals surface area (Å²) in [4.78, 5) is 0. The van der Waals surface area contributed by atoms with Crippen LogP contribution in [0.1, 0.15) is 11.1 Å². The third-order valence-electron chi connectivity index (χ3n) is 3.21. The molecule has 0 fully saturated rings. The van der Waals surface area contributed by atoms with Gasteiger partial charge in [0.15, 0.2) is 0 Å². The summed E-state index contributed by atoms with van der Waals surface area (Å²) in [6.07, 6.45) is 1.42. The number of alkyl halides is 1. The van der Waals surface area contributed by atoms with Crippen LogP contribution < -0.4 is 0 Å². The summed E-state index contributed by atoms with van der Waals surface area (Å²) in [6.45, 7) is 0. The van der Waals surface area contributed by atoms with Crippen molar-refractivity contribution in [1.82, 2.24) is 0 Å². The summed E-state index contributed by atoms with van der Waals surface area (Å²) in [5.74, 6) is 0.412. The Labute approximate surface area is 137 Å². The number of hydrogen-bond donors (Lipinski definition) is 0. The van der Waals surface area contributed by atoms with Gasteiger partial charge in [0.05, 0.1) is 0 Å². The van der Waals surface area contributed by atoms with Crippen LogP contribution in [0, 0.1) is 11.7 Å². The van der Waals surface area contributed by atoms with Crippen molar-refractivity contribution >= 4 is 39.1 Å². The Bertz CT molecular complexity index is 586. The zero-order valence-corrected chi connectivity index (χ0v) is 13.8. The van der Waals surface area contributed by atoms with Gasteiger partial charge in [-0.1, -0.05) is 51.8 Å². The normalized spacial score (nSPS) is 12.4. The molecule has 0 bridgehead atoms. The highest BCUT2D eigenvalue weighted by Gasteiger charge is 2.14. The predicted molar refractivity (Wildman–Crippen MR) is 87.2 cm³/mol. The molecule has 0 aliphatic heterocycles. The molecule has 0 nitrogen and oxygen atoms in total. The molecule has 0 aromatic heterocycles. The average Bonchev–Trinajstić information content (AvgIpc) is 2.43. The maximum atomic E-state index is 13.8. The van der Waals surface area contributed by atoms with E-state index in [0.29, 0.717) is 22.9 Å². The molecular weight excluding hydrogens is 362 g/mol. The van der Waals surface area contributed by atoms with Crippen LogP contribution in [-0.2, 0) is 12.8 Å². The number of halogens is 4. The fraction of sp³-hybridized carbons (Fsp3) is 0.250. The highest BCUT2D eigenvalue weighted by Crippen LogP contribution is 2.24. The highest BCUT2D eigenvalue weighted by molar-refractivity contribution is 9.10. The lowest BCUT2D eigenvalue weighted by molar-refractivity contribution is 0.545. The van der Waals surface area contributed by atoms with Crippen LogP contribution in [0.4, 0.5) is 4.39 Å². The van der Waals surface area contributed by atoms with Crippen LogP contribution in [-0.4, -0.2) is 5.88 Å². The maximum Gasteiger partial charge on any atom is 0.127 e. The summed E-state index contributed by atoms with van der Waals surface area (Å²) in [7, 11) is 0. The van der Waals surface area contributed by atoms with E-state index in [1.807, 2.05) is 18.2 Å². The summed E-state index contributed by atoms with van der Waals surface area (Å²) in [6, 6.07) is 12.8. The molecular formula is C16H14BrCl2F. The monoisotopic (exact) mass is 374 g/mol. The number of hydrogen-bond acceptors (Lipinski definition) is 0. The fourth-order valence-electron chi connectivity index (χ4n) is 2.15. The smallest absolute Gasteiger partial charge is 0.127 e. The first-order valence-electron chi connectivity index (χ1n) is 6.33. The fourth-order valence-corrected chi connectivity index (χ4v) is 2.98. The summed E-state index contributed by atoms with van der Waals surface area (Å²) < 4.78 is 14.9. The summed E-state index contributed by atoms with van der Waals surface area (Å²) in [5, 5.41) is 0.416. The molecule has 2 aromatic rings. The minimum absolute atomic E-state index is 0.186. The van der Waals surface area contributed by atoms with E-state index in [9.17, 15) is 4.39 Å². The van der Waals surface area contributed by atoms with E-state index in [0.717, 1.165) is 10.9 Å². The van der Waals surface area contributed by atoms with Gasteiger partial charge >= 0.3 is 0 Å². The average molecular weight is 376 g/mol. The molecule has 0 heterocycles. The molecule has 0 N–H and O–H groups in total. The standard InChI is InChI=1S/C16H14BrCl2F/c17-15-4-2-1-3-12(15)7-11(10-18)8-13-5-6-14(19)9-16(13)20/h1-6,9,11H,7-8,10H2. The molecule has 20 heavy (non-hydrogen) atoms. The van der Waals surface area contributed by atoms with Gasteiger partial charge in [-0.3, -0.25) is 0 Å². The molecule has 0 amide bonds. The van der Waals surface area contributed by atoms with Crippen molar-refractivity contribution in [2.75, 3.05) is 5.88 Å². The second-order valence-electron chi connectivity index (χ2n) is 4.76. The molecule has 0 aliphatic carbocycles. The SMILES string of the molecule is Fc1cc(Cl)ccc1CC(CCl)Cc1ccccc1Br. The van der Waals surface area contributed by atoms with Gasteiger partial charge in [-0.25, -0.2) is 4.39 Å². The number of rotatable bonds is 5. The zero-order chi connectivity index (χ0) is 14.5. The zero-order valence-electron chi connectivity index (χ0n) is 10.8. The minimum Gasteiger partial charge on any atom is -0.207 e. The molecule has 106 valence electrons. The van der Waals surface area contributed by atoms with Crippen molar-refractivity contribution in [2.45, 2.75) is 12.8 Å². The van der Waals surface area contributed by atoms with Crippen LogP contribution in [0.2, 0.25) is 5.02 Å². The van der Waals surface area contributed by atoms with Crippen molar-refractivity contribution in [3.8, 4) is 0 Å². The van der Waals surface area contributed by atoms with Crippen molar-refractivity contribution in [3.05, 3.63) is 68.9 Å². The third kappa shape index (κ3) is 4.21. The Balaban J connectivity index is 2.11. The van der Waals surface area contributed by atoms with Gasteiger partial charge in [0, 0.05) is 15.4 Å². The Morgan fingerprint density at radius 3 is 2.40 bits per heavy atom. The lowest BCUT2D eigenvalue weighted by Gasteiger charge is -2.15. The van der Waals surface area contributed by atoms with Gasteiger partial charge in [0.2, 0.25) is 0 Å². The molecule has 2 aromatic carbocycles. The molecule has 0 radical (unpaired) electrons. The molecule has 1 atom stereocenters. The summed E-state index contributed by atoms with van der Waals surface area (Å²) in [5.41, 5.74) is 1.85.